The van der Waals surface area contributed by atoms with Crippen LogP contribution in [0.25, 0.3) is 0 Å². The Hall–Kier alpha value is -3.34. The fraction of sp³-hybridized carbons (Fsp3) is 0.100. The van der Waals surface area contributed by atoms with Crippen molar-refractivity contribution in [1.29, 1.82) is 0 Å². The number of aromatic nitrogens is 1. The summed E-state index contributed by atoms with van der Waals surface area (Å²) in [5, 5.41) is 6.87. The summed E-state index contributed by atoms with van der Waals surface area (Å²) in [6.07, 6.45) is 2.59. The molecule has 0 atom stereocenters. The van der Waals surface area contributed by atoms with Crippen LogP contribution >= 0.6 is 0 Å². The van der Waals surface area contributed by atoms with Gasteiger partial charge in [0.25, 0.3) is 0 Å². The molecule has 0 radical (unpaired) electrons. The molecule has 1 aliphatic rings. The maximum Gasteiger partial charge on any atom is 0.248 e. The van der Waals surface area contributed by atoms with Crippen molar-refractivity contribution in [2.75, 3.05) is 10.6 Å². The number of anilines is 3. The second kappa shape index (κ2) is 6.28. The molecule has 5 nitrogen and oxygen atoms in total. The number of nitrogens with one attached hydrogen (secondary N) is 2. The molecule has 2 aromatic carbocycles. The minimum Gasteiger partial charge on any atom is -0.379 e. The monoisotopic (exact) mass is 330 g/mol. The van der Waals surface area contributed by atoms with Crippen molar-refractivity contribution in [3.05, 3.63) is 83.2 Å². The second-order valence-corrected chi connectivity index (χ2v) is 6.04. The smallest absolute Gasteiger partial charge is 0.248 e. The van der Waals surface area contributed by atoms with Crippen molar-refractivity contribution < 1.29 is 4.79 Å². The van der Waals surface area contributed by atoms with Crippen molar-refractivity contribution in [2.24, 2.45) is 5.73 Å². The van der Waals surface area contributed by atoms with Gasteiger partial charge in [-0.05, 0) is 47.5 Å². The number of pyridine rings is 1. The van der Waals surface area contributed by atoms with Crippen molar-refractivity contribution in [3.8, 4) is 0 Å². The first-order valence-corrected chi connectivity index (χ1v) is 8.16. The van der Waals surface area contributed by atoms with Gasteiger partial charge < -0.3 is 16.4 Å². The number of carbonyl (C=O) groups is 1. The zero-order valence-corrected chi connectivity index (χ0v) is 13.6. The first kappa shape index (κ1) is 15.2. The minimum absolute atomic E-state index is 0.429. The van der Waals surface area contributed by atoms with E-state index >= 15 is 0 Å². The number of rotatable bonds is 3. The fourth-order valence-corrected chi connectivity index (χ4v) is 3.11. The number of primary amides is 1. The molecular weight excluding hydrogens is 312 g/mol. The van der Waals surface area contributed by atoms with Gasteiger partial charge in [0.15, 0.2) is 0 Å². The molecule has 25 heavy (non-hydrogen) atoms. The lowest BCUT2D eigenvalue weighted by atomic mass is 10.0. The third kappa shape index (κ3) is 3.04. The number of hydrogen-bond donors (Lipinski definition) is 3. The van der Waals surface area contributed by atoms with Crippen molar-refractivity contribution >= 4 is 23.0 Å². The van der Waals surface area contributed by atoms with Crippen molar-refractivity contribution in [3.63, 3.8) is 0 Å². The van der Waals surface area contributed by atoms with Gasteiger partial charge in [0.05, 0.1) is 11.4 Å². The Labute approximate surface area is 145 Å². The molecule has 124 valence electrons. The lowest BCUT2D eigenvalue weighted by Crippen LogP contribution is -2.11. The highest BCUT2D eigenvalue weighted by Crippen LogP contribution is 2.34. The summed E-state index contributed by atoms with van der Waals surface area (Å²) in [5.41, 5.74) is 12.2. The van der Waals surface area contributed by atoms with Crippen LogP contribution in [0.5, 0.6) is 0 Å². The van der Waals surface area contributed by atoms with Crippen LogP contribution in [0.2, 0.25) is 0 Å². The van der Waals surface area contributed by atoms with Gasteiger partial charge in [-0.3, -0.25) is 9.78 Å². The molecule has 0 saturated heterocycles. The second-order valence-electron chi connectivity index (χ2n) is 6.04. The third-order valence-corrected chi connectivity index (χ3v) is 4.40. The predicted molar refractivity (Wildman–Crippen MR) is 99.1 cm³/mol. The average Bonchev–Trinajstić information content (AvgIpc) is 2.81. The number of hydrogen-bond acceptors (Lipinski definition) is 4. The number of nitrogens with two attached hydrogens (primary N) is 1. The molecule has 1 aromatic heterocycles. The summed E-state index contributed by atoms with van der Waals surface area (Å²) in [6, 6.07) is 17.6. The molecule has 0 saturated carbocycles. The van der Waals surface area contributed by atoms with Crippen LogP contribution in [0, 0.1) is 0 Å². The summed E-state index contributed by atoms with van der Waals surface area (Å²) < 4.78 is 0. The maximum atomic E-state index is 11.4. The third-order valence-electron chi connectivity index (χ3n) is 4.40. The molecule has 0 unspecified atom stereocenters. The summed E-state index contributed by atoms with van der Waals surface area (Å²) in [4.78, 5) is 15.8. The highest BCUT2D eigenvalue weighted by Gasteiger charge is 2.16. The summed E-state index contributed by atoms with van der Waals surface area (Å²) in [5.74, 6) is -0.429. The van der Waals surface area contributed by atoms with Crippen molar-refractivity contribution in [2.45, 2.75) is 13.0 Å². The Kier molecular flexibility index (Phi) is 3.82. The normalized spacial score (nSPS) is 12.2. The molecule has 3 aromatic rings. The largest absolute Gasteiger partial charge is 0.379 e. The summed E-state index contributed by atoms with van der Waals surface area (Å²) in [6.45, 7) is 0.667. The van der Waals surface area contributed by atoms with Crippen LogP contribution in [-0.2, 0) is 13.0 Å². The lowest BCUT2D eigenvalue weighted by Gasteiger charge is -2.13. The van der Waals surface area contributed by atoms with Crippen LogP contribution in [0.3, 0.4) is 0 Å². The van der Waals surface area contributed by atoms with Gasteiger partial charge in [-0.15, -0.1) is 0 Å². The average molecular weight is 330 g/mol. The molecule has 1 aliphatic heterocycles. The van der Waals surface area contributed by atoms with E-state index in [4.69, 9.17) is 5.73 Å². The molecule has 0 spiro atoms. The molecule has 4 rings (SSSR count). The minimum atomic E-state index is -0.429. The summed E-state index contributed by atoms with van der Waals surface area (Å²) in [7, 11) is 0. The SMILES string of the molecule is NC(=O)c1ccc2c(c1)NCc1c(Cc3ccccn3)cccc1N2. The van der Waals surface area contributed by atoms with E-state index in [9.17, 15) is 4.79 Å². The Morgan fingerprint density at radius 3 is 2.76 bits per heavy atom. The molecule has 1 amide bonds. The number of amides is 1. The van der Waals surface area contributed by atoms with E-state index in [2.05, 4.69) is 27.8 Å². The Morgan fingerprint density at radius 2 is 1.96 bits per heavy atom. The van der Waals surface area contributed by atoms with Crippen LogP contribution in [0.15, 0.2) is 60.8 Å². The standard InChI is InChI=1S/C20H18N4O/c21-20(25)14-7-8-18-19(11-14)23-12-16-13(4-3-6-17(16)24-18)10-15-5-1-2-9-22-15/h1-9,11,23-24H,10,12H2,(H2,21,25). The topological polar surface area (TPSA) is 80.0 Å². The summed E-state index contributed by atoms with van der Waals surface area (Å²) >= 11 is 0. The predicted octanol–water partition coefficient (Wildman–Crippen LogP) is 3.44. The van der Waals surface area contributed by atoms with Gasteiger partial charge >= 0.3 is 0 Å². The van der Waals surface area contributed by atoms with Crippen LogP contribution < -0.4 is 16.4 Å². The number of benzene rings is 2. The van der Waals surface area contributed by atoms with Crippen molar-refractivity contribution in [1.82, 2.24) is 4.98 Å². The Balaban J connectivity index is 1.69. The zero-order chi connectivity index (χ0) is 17.2. The van der Waals surface area contributed by atoms with Gasteiger partial charge in [-0.2, -0.15) is 0 Å². The maximum absolute atomic E-state index is 11.4. The van der Waals surface area contributed by atoms with E-state index in [1.54, 1.807) is 12.1 Å². The highest BCUT2D eigenvalue weighted by atomic mass is 16.1. The van der Waals surface area contributed by atoms with Gasteiger partial charge in [0, 0.05) is 36.1 Å². The van der Waals surface area contributed by atoms with E-state index in [1.165, 1.54) is 11.1 Å². The van der Waals surface area contributed by atoms with E-state index in [0.717, 1.165) is 29.2 Å². The van der Waals surface area contributed by atoms with E-state index in [1.807, 2.05) is 36.5 Å². The first-order chi connectivity index (χ1) is 12.2. The molecular formula is C20H18N4O. The first-order valence-electron chi connectivity index (χ1n) is 8.16. The zero-order valence-electron chi connectivity index (χ0n) is 13.6. The van der Waals surface area contributed by atoms with E-state index in [-0.39, 0.29) is 0 Å². The van der Waals surface area contributed by atoms with Gasteiger partial charge in [0.1, 0.15) is 0 Å². The van der Waals surface area contributed by atoms with Gasteiger partial charge in [-0.25, -0.2) is 0 Å². The quantitative estimate of drug-likeness (QED) is 0.687. The van der Waals surface area contributed by atoms with E-state index < -0.39 is 5.91 Å². The molecule has 0 bridgehead atoms. The molecule has 0 aliphatic carbocycles. The van der Waals surface area contributed by atoms with Crippen LogP contribution in [0.1, 0.15) is 27.2 Å². The van der Waals surface area contributed by atoms with Crippen LogP contribution in [0.4, 0.5) is 17.1 Å². The van der Waals surface area contributed by atoms with Gasteiger partial charge in [-0.1, -0.05) is 18.2 Å². The number of fused-ring (bicyclic) bond motifs is 2. The fourth-order valence-electron chi connectivity index (χ4n) is 3.11. The van der Waals surface area contributed by atoms with E-state index in [0.29, 0.717) is 12.1 Å². The van der Waals surface area contributed by atoms with Crippen LogP contribution in [-0.4, -0.2) is 10.9 Å². The molecule has 5 heteroatoms. The van der Waals surface area contributed by atoms with Gasteiger partial charge in [0.2, 0.25) is 5.91 Å². The Bertz CT molecular complexity index is 938. The number of nitrogens with zero attached hydrogens (tertiary/aromatic N) is 1. The molecule has 0 fully saturated rings. The molecule has 4 N–H and O–H groups in total. The lowest BCUT2D eigenvalue weighted by molar-refractivity contribution is 0.100. The molecule has 2 heterocycles. The highest BCUT2D eigenvalue weighted by molar-refractivity contribution is 5.95. The Morgan fingerprint density at radius 1 is 1.04 bits per heavy atom. The number of carbonyl (C=O) groups excluding carboxylic acids is 1.